The molecule has 1 aromatic carbocycles. The minimum absolute atomic E-state index is 0.177. The van der Waals surface area contributed by atoms with E-state index in [4.69, 9.17) is 0 Å². The fraction of sp³-hybridized carbons (Fsp3) is 0.455. The van der Waals surface area contributed by atoms with Gasteiger partial charge in [-0.15, -0.1) is 0 Å². The fourth-order valence-electron chi connectivity index (χ4n) is 1.88. The highest BCUT2D eigenvalue weighted by Crippen LogP contribution is 2.22. The van der Waals surface area contributed by atoms with Crippen molar-refractivity contribution in [2.24, 2.45) is 0 Å². The van der Waals surface area contributed by atoms with E-state index in [2.05, 4.69) is 17.4 Å². The minimum Gasteiger partial charge on any atom is -0.392 e. The molecule has 1 aliphatic rings. The lowest BCUT2D eigenvalue weighted by Gasteiger charge is -2.28. The van der Waals surface area contributed by atoms with Gasteiger partial charge < -0.3 is 10.4 Å². The number of aliphatic hydroxyl groups is 1. The first-order valence-corrected chi connectivity index (χ1v) is 4.81. The smallest absolute Gasteiger partial charge is 0.0633 e. The standard InChI is InChI=1S/C11H15NO/c13-11-6-7-12-8-10(11)9-4-2-1-3-5-9/h1-5,10-13H,6-8H2. The first-order valence-electron chi connectivity index (χ1n) is 4.81. The third-order valence-electron chi connectivity index (χ3n) is 2.67. The van der Waals surface area contributed by atoms with Gasteiger partial charge in [-0.1, -0.05) is 30.3 Å². The molecule has 0 bridgehead atoms. The lowest BCUT2D eigenvalue weighted by atomic mass is 9.89. The molecule has 0 aliphatic carbocycles. The van der Waals surface area contributed by atoms with E-state index in [-0.39, 0.29) is 12.0 Å². The van der Waals surface area contributed by atoms with Crippen molar-refractivity contribution in [3.05, 3.63) is 35.9 Å². The molecule has 2 unspecified atom stereocenters. The predicted molar refractivity (Wildman–Crippen MR) is 52.7 cm³/mol. The Hall–Kier alpha value is -0.860. The molecule has 1 saturated heterocycles. The van der Waals surface area contributed by atoms with E-state index in [1.807, 2.05) is 18.2 Å². The van der Waals surface area contributed by atoms with Gasteiger partial charge in [-0.3, -0.25) is 0 Å². The monoisotopic (exact) mass is 177 g/mol. The first-order chi connectivity index (χ1) is 6.38. The summed E-state index contributed by atoms with van der Waals surface area (Å²) < 4.78 is 0. The van der Waals surface area contributed by atoms with E-state index < -0.39 is 0 Å². The molecule has 2 atom stereocenters. The normalized spacial score (nSPS) is 28.7. The Morgan fingerprint density at radius 2 is 2.00 bits per heavy atom. The largest absolute Gasteiger partial charge is 0.392 e. The Morgan fingerprint density at radius 1 is 1.23 bits per heavy atom. The minimum atomic E-state index is -0.177. The summed E-state index contributed by atoms with van der Waals surface area (Å²) in [6.45, 7) is 1.83. The summed E-state index contributed by atoms with van der Waals surface area (Å²) in [5.41, 5.74) is 1.24. The van der Waals surface area contributed by atoms with Crippen LogP contribution in [0.4, 0.5) is 0 Å². The molecule has 2 N–H and O–H groups in total. The molecule has 1 aromatic rings. The molecule has 70 valence electrons. The molecule has 1 aliphatic heterocycles. The molecule has 0 amide bonds. The van der Waals surface area contributed by atoms with E-state index in [1.165, 1.54) is 5.56 Å². The Kier molecular flexibility index (Phi) is 2.62. The summed E-state index contributed by atoms with van der Waals surface area (Å²) >= 11 is 0. The molecule has 0 aromatic heterocycles. The van der Waals surface area contributed by atoms with E-state index in [0.29, 0.717) is 0 Å². The second-order valence-corrected chi connectivity index (χ2v) is 3.58. The van der Waals surface area contributed by atoms with Gasteiger partial charge in [0.25, 0.3) is 0 Å². The average Bonchev–Trinajstić information content (AvgIpc) is 2.20. The van der Waals surface area contributed by atoms with Gasteiger partial charge in [-0.2, -0.15) is 0 Å². The van der Waals surface area contributed by atoms with Gasteiger partial charge in [0.15, 0.2) is 0 Å². The highest BCUT2D eigenvalue weighted by molar-refractivity contribution is 5.21. The summed E-state index contributed by atoms with van der Waals surface area (Å²) in [6, 6.07) is 10.2. The van der Waals surface area contributed by atoms with Crippen LogP contribution in [-0.4, -0.2) is 24.3 Å². The van der Waals surface area contributed by atoms with E-state index in [1.54, 1.807) is 0 Å². The second kappa shape index (κ2) is 3.90. The predicted octanol–water partition coefficient (Wildman–Crippen LogP) is 1.12. The lowest BCUT2D eigenvalue weighted by Crippen LogP contribution is -2.38. The van der Waals surface area contributed by atoms with Crippen molar-refractivity contribution in [3.63, 3.8) is 0 Å². The zero-order chi connectivity index (χ0) is 9.10. The summed E-state index contributed by atoms with van der Waals surface area (Å²) in [5, 5.41) is 13.1. The number of hydrogen-bond acceptors (Lipinski definition) is 2. The van der Waals surface area contributed by atoms with Crippen molar-refractivity contribution in [1.29, 1.82) is 0 Å². The van der Waals surface area contributed by atoms with Crippen LogP contribution in [-0.2, 0) is 0 Å². The summed E-state index contributed by atoms with van der Waals surface area (Å²) in [7, 11) is 0. The van der Waals surface area contributed by atoms with E-state index in [9.17, 15) is 5.11 Å². The fourth-order valence-corrected chi connectivity index (χ4v) is 1.88. The molecular formula is C11H15NO. The average molecular weight is 177 g/mol. The number of aliphatic hydroxyl groups excluding tert-OH is 1. The number of rotatable bonds is 1. The van der Waals surface area contributed by atoms with Crippen LogP contribution in [0.25, 0.3) is 0 Å². The van der Waals surface area contributed by atoms with Gasteiger partial charge in [0.2, 0.25) is 0 Å². The Bertz CT molecular complexity index is 260. The third-order valence-corrected chi connectivity index (χ3v) is 2.67. The summed E-state index contributed by atoms with van der Waals surface area (Å²) in [5.74, 6) is 0.273. The van der Waals surface area contributed by atoms with Crippen LogP contribution in [0.5, 0.6) is 0 Å². The number of benzene rings is 1. The van der Waals surface area contributed by atoms with Crippen molar-refractivity contribution in [2.75, 3.05) is 13.1 Å². The number of nitrogens with one attached hydrogen (secondary N) is 1. The van der Waals surface area contributed by atoms with E-state index in [0.717, 1.165) is 19.5 Å². The van der Waals surface area contributed by atoms with Crippen LogP contribution in [0.1, 0.15) is 17.9 Å². The zero-order valence-electron chi connectivity index (χ0n) is 7.61. The molecule has 2 nitrogen and oxygen atoms in total. The third kappa shape index (κ3) is 1.90. The number of hydrogen-bond donors (Lipinski definition) is 2. The zero-order valence-corrected chi connectivity index (χ0v) is 7.61. The van der Waals surface area contributed by atoms with Gasteiger partial charge in [0, 0.05) is 12.5 Å². The maximum atomic E-state index is 9.78. The Balaban J connectivity index is 2.15. The molecule has 1 fully saturated rings. The van der Waals surface area contributed by atoms with Crippen molar-refractivity contribution >= 4 is 0 Å². The van der Waals surface area contributed by atoms with Crippen molar-refractivity contribution in [2.45, 2.75) is 18.4 Å². The summed E-state index contributed by atoms with van der Waals surface area (Å²) in [6.07, 6.45) is 0.683. The molecule has 13 heavy (non-hydrogen) atoms. The summed E-state index contributed by atoms with van der Waals surface area (Å²) in [4.78, 5) is 0. The van der Waals surface area contributed by atoms with Gasteiger partial charge in [0.05, 0.1) is 6.10 Å². The SMILES string of the molecule is OC1CCNCC1c1ccccc1. The van der Waals surface area contributed by atoms with E-state index >= 15 is 0 Å². The molecule has 2 rings (SSSR count). The highest BCUT2D eigenvalue weighted by atomic mass is 16.3. The van der Waals surface area contributed by atoms with Crippen LogP contribution in [0.15, 0.2) is 30.3 Å². The van der Waals surface area contributed by atoms with Crippen molar-refractivity contribution in [3.8, 4) is 0 Å². The second-order valence-electron chi connectivity index (χ2n) is 3.58. The highest BCUT2D eigenvalue weighted by Gasteiger charge is 2.23. The molecule has 2 heteroatoms. The lowest BCUT2D eigenvalue weighted by molar-refractivity contribution is 0.114. The Morgan fingerprint density at radius 3 is 2.69 bits per heavy atom. The van der Waals surface area contributed by atoms with Gasteiger partial charge >= 0.3 is 0 Å². The van der Waals surface area contributed by atoms with Gasteiger partial charge in [0.1, 0.15) is 0 Å². The van der Waals surface area contributed by atoms with Crippen LogP contribution >= 0.6 is 0 Å². The Labute approximate surface area is 78.6 Å². The van der Waals surface area contributed by atoms with Gasteiger partial charge in [-0.05, 0) is 18.5 Å². The van der Waals surface area contributed by atoms with Gasteiger partial charge in [-0.25, -0.2) is 0 Å². The van der Waals surface area contributed by atoms with Crippen LogP contribution in [0.3, 0.4) is 0 Å². The first kappa shape index (κ1) is 8.73. The van der Waals surface area contributed by atoms with Crippen molar-refractivity contribution < 1.29 is 5.11 Å². The molecular weight excluding hydrogens is 162 g/mol. The topological polar surface area (TPSA) is 32.3 Å². The molecule has 0 spiro atoms. The molecule has 0 radical (unpaired) electrons. The van der Waals surface area contributed by atoms with Crippen LogP contribution in [0.2, 0.25) is 0 Å². The number of piperidine rings is 1. The maximum Gasteiger partial charge on any atom is 0.0633 e. The maximum absolute atomic E-state index is 9.78. The van der Waals surface area contributed by atoms with Crippen molar-refractivity contribution in [1.82, 2.24) is 5.32 Å². The van der Waals surface area contributed by atoms with Crippen LogP contribution in [0, 0.1) is 0 Å². The quantitative estimate of drug-likeness (QED) is 0.674. The molecule has 1 heterocycles. The molecule has 0 saturated carbocycles. The van der Waals surface area contributed by atoms with Crippen LogP contribution < -0.4 is 5.32 Å².